The third-order valence-electron chi connectivity index (χ3n) is 2.09. The first-order valence-electron chi connectivity index (χ1n) is 4.70. The highest BCUT2D eigenvalue weighted by Crippen LogP contribution is 2.12. The number of carbonyl (C=O) groups excluding carboxylic acids is 1. The first-order valence-corrected chi connectivity index (χ1v) is 6.74. The van der Waals surface area contributed by atoms with Gasteiger partial charge in [-0.3, -0.25) is 4.79 Å². The molecule has 1 amide bonds. The molecule has 1 aromatic rings. The van der Waals surface area contributed by atoms with Crippen molar-refractivity contribution < 1.29 is 13.2 Å². The molecule has 0 saturated carbocycles. The van der Waals surface area contributed by atoms with Gasteiger partial charge in [-0.05, 0) is 29.3 Å². The molecule has 16 heavy (non-hydrogen) atoms. The van der Waals surface area contributed by atoms with Crippen LogP contribution in [-0.4, -0.2) is 19.5 Å². The zero-order valence-corrected chi connectivity index (χ0v) is 10.3. The lowest BCUT2D eigenvalue weighted by molar-refractivity contribution is 0.259. The van der Waals surface area contributed by atoms with Gasteiger partial charge in [-0.15, -0.1) is 0 Å². The number of nitrogens with one attached hydrogen (secondary N) is 1. The largest absolute Gasteiger partial charge is 0.339 e. The van der Waals surface area contributed by atoms with E-state index in [4.69, 9.17) is 11.6 Å². The lowest BCUT2D eigenvalue weighted by Gasteiger charge is -2.04. The Labute approximate surface area is 99.5 Å². The standard InChI is InChI=1S/C10H12ClNO3S/c1-2-16(14,15)9-5-3-8(4-6-9)7-12-10(11)13/h3-6H,2,7H2,1H3,(H,12,13). The van der Waals surface area contributed by atoms with E-state index < -0.39 is 15.2 Å². The minimum Gasteiger partial charge on any atom is -0.339 e. The maximum Gasteiger partial charge on any atom is 0.314 e. The highest BCUT2D eigenvalue weighted by atomic mass is 35.5. The molecule has 0 aliphatic carbocycles. The molecule has 0 radical (unpaired) electrons. The monoisotopic (exact) mass is 261 g/mol. The van der Waals surface area contributed by atoms with Gasteiger partial charge >= 0.3 is 5.37 Å². The van der Waals surface area contributed by atoms with Crippen LogP contribution >= 0.6 is 11.6 Å². The van der Waals surface area contributed by atoms with Gasteiger partial charge in [-0.25, -0.2) is 8.42 Å². The predicted molar refractivity (Wildman–Crippen MR) is 62.3 cm³/mol. The van der Waals surface area contributed by atoms with Crippen molar-refractivity contribution in [3.8, 4) is 0 Å². The second-order valence-electron chi connectivity index (χ2n) is 3.17. The molecule has 0 atom stereocenters. The molecule has 4 nitrogen and oxygen atoms in total. The summed E-state index contributed by atoms with van der Waals surface area (Å²) >= 11 is 5.11. The first kappa shape index (κ1) is 13.0. The quantitative estimate of drug-likeness (QED) is 0.665. The van der Waals surface area contributed by atoms with E-state index >= 15 is 0 Å². The maximum atomic E-state index is 11.5. The van der Waals surface area contributed by atoms with E-state index in [0.717, 1.165) is 5.56 Å². The third-order valence-corrected chi connectivity index (χ3v) is 3.98. The van der Waals surface area contributed by atoms with Crippen molar-refractivity contribution in [1.29, 1.82) is 0 Å². The molecular formula is C10H12ClNO3S. The van der Waals surface area contributed by atoms with Crippen LogP contribution in [-0.2, 0) is 16.4 Å². The summed E-state index contributed by atoms with van der Waals surface area (Å²) in [6.45, 7) is 1.88. The topological polar surface area (TPSA) is 63.2 Å². The molecule has 6 heteroatoms. The number of hydrogen-bond donors (Lipinski definition) is 1. The molecule has 1 aromatic carbocycles. The number of sulfone groups is 1. The van der Waals surface area contributed by atoms with Gasteiger partial charge in [0.05, 0.1) is 10.6 Å². The summed E-state index contributed by atoms with van der Waals surface area (Å²) in [4.78, 5) is 10.7. The van der Waals surface area contributed by atoms with Crippen LogP contribution < -0.4 is 5.32 Å². The fourth-order valence-electron chi connectivity index (χ4n) is 1.15. The molecule has 1 rings (SSSR count). The molecule has 0 saturated heterocycles. The van der Waals surface area contributed by atoms with E-state index in [9.17, 15) is 13.2 Å². The Morgan fingerprint density at radius 1 is 1.31 bits per heavy atom. The Hall–Kier alpha value is -1.07. The minimum absolute atomic E-state index is 0.0742. The molecule has 0 aliphatic heterocycles. The number of carbonyl (C=O) groups is 1. The van der Waals surface area contributed by atoms with E-state index in [1.54, 1.807) is 19.1 Å². The van der Waals surface area contributed by atoms with Crippen LogP contribution in [0.1, 0.15) is 12.5 Å². The van der Waals surface area contributed by atoms with Crippen LogP contribution in [0, 0.1) is 0 Å². The van der Waals surface area contributed by atoms with E-state index in [0.29, 0.717) is 0 Å². The van der Waals surface area contributed by atoms with Crippen molar-refractivity contribution in [2.45, 2.75) is 18.4 Å². The van der Waals surface area contributed by atoms with Crippen molar-refractivity contribution in [2.75, 3.05) is 5.75 Å². The van der Waals surface area contributed by atoms with Gasteiger partial charge in [-0.1, -0.05) is 19.1 Å². The lowest BCUT2D eigenvalue weighted by atomic mass is 10.2. The van der Waals surface area contributed by atoms with Crippen LogP contribution in [0.15, 0.2) is 29.2 Å². The summed E-state index contributed by atoms with van der Waals surface area (Å²) < 4.78 is 23.0. The second-order valence-corrected chi connectivity index (χ2v) is 5.80. The molecule has 0 unspecified atom stereocenters. The zero-order valence-electron chi connectivity index (χ0n) is 8.73. The van der Waals surface area contributed by atoms with Gasteiger partial charge in [0.1, 0.15) is 0 Å². The Morgan fingerprint density at radius 3 is 2.31 bits per heavy atom. The average Bonchev–Trinajstić information content (AvgIpc) is 2.27. The average molecular weight is 262 g/mol. The summed E-state index contributed by atoms with van der Waals surface area (Å²) in [5, 5.41) is 1.78. The number of rotatable bonds is 4. The van der Waals surface area contributed by atoms with Gasteiger partial charge in [0.15, 0.2) is 9.84 Å². The highest BCUT2D eigenvalue weighted by molar-refractivity contribution is 7.91. The fourth-order valence-corrected chi connectivity index (χ4v) is 2.10. The summed E-state index contributed by atoms with van der Waals surface area (Å²) in [5.41, 5.74) is 0.795. The van der Waals surface area contributed by atoms with Gasteiger partial charge < -0.3 is 5.32 Å². The highest BCUT2D eigenvalue weighted by Gasteiger charge is 2.10. The van der Waals surface area contributed by atoms with Crippen LogP contribution in [0.4, 0.5) is 4.79 Å². The smallest absolute Gasteiger partial charge is 0.314 e. The predicted octanol–water partition coefficient (Wildman–Crippen LogP) is 1.93. The van der Waals surface area contributed by atoms with Gasteiger partial charge in [-0.2, -0.15) is 0 Å². The van der Waals surface area contributed by atoms with Crippen molar-refractivity contribution >= 4 is 26.8 Å². The Bertz CT molecular complexity index is 467. The second kappa shape index (κ2) is 5.32. The number of hydrogen-bond acceptors (Lipinski definition) is 3. The summed E-state index contributed by atoms with van der Waals surface area (Å²) in [7, 11) is -3.16. The fraction of sp³-hybridized carbons (Fsp3) is 0.300. The number of benzene rings is 1. The van der Waals surface area contributed by atoms with E-state index in [1.165, 1.54) is 12.1 Å². The maximum absolute atomic E-state index is 11.5. The van der Waals surface area contributed by atoms with Crippen molar-refractivity contribution in [2.24, 2.45) is 0 Å². The summed E-state index contributed by atoms with van der Waals surface area (Å²) in [5.74, 6) is 0.0742. The molecule has 0 bridgehead atoms. The Balaban J connectivity index is 2.80. The Morgan fingerprint density at radius 2 is 1.88 bits per heavy atom. The van der Waals surface area contributed by atoms with Crippen LogP contribution in [0.3, 0.4) is 0 Å². The zero-order chi connectivity index (χ0) is 12.2. The first-order chi connectivity index (χ1) is 7.45. The molecular weight excluding hydrogens is 250 g/mol. The van der Waals surface area contributed by atoms with Crippen LogP contribution in [0.5, 0.6) is 0 Å². The van der Waals surface area contributed by atoms with Crippen molar-refractivity contribution in [3.63, 3.8) is 0 Å². The number of halogens is 1. The molecule has 0 aliphatic rings. The molecule has 0 spiro atoms. The van der Waals surface area contributed by atoms with Gasteiger partial charge in [0.25, 0.3) is 0 Å². The van der Waals surface area contributed by atoms with E-state index in [1.807, 2.05) is 0 Å². The minimum atomic E-state index is -3.16. The normalized spacial score (nSPS) is 11.1. The lowest BCUT2D eigenvalue weighted by Crippen LogP contribution is -2.15. The molecule has 1 N–H and O–H groups in total. The third kappa shape index (κ3) is 3.50. The Kier molecular flexibility index (Phi) is 4.32. The van der Waals surface area contributed by atoms with E-state index in [2.05, 4.69) is 5.32 Å². The molecule has 88 valence electrons. The summed E-state index contributed by atoms with van der Waals surface area (Å²) in [6.07, 6.45) is 0. The molecule has 0 aromatic heterocycles. The van der Waals surface area contributed by atoms with Crippen molar-refractivity contribution in [1.82, 2.24) is 5.32 Å². The van der Waals surface area contributed by atoms with Crippen LogP contribution in [0.25, 0.3) is 0 Å². The van der Waals surface area contributed by atoms with Gasteiger partial charge in [0.2, 0.25) is 0 Å². The molecule has 0 heterocycles. The van der Waals surface area contributed by atoms with Gasteiger partial charge in [0, 0.05) is 6.54 Å². The number of amides is 1. The van der Waals surface area contributed by atoms with E-state index in [-0.39, 0.29) is 17.2 Å². The molecule has 0 fully saturated rings. The van der Waals surface area contributed by atoms with Crippen LogP contribution in [0.2, 0.25) is 0 Å². The SMILES string of the molecule is CCS(=O)(=O)c1ccc(CNC(=O)Cl)cc1. The van der Waals surface area contributed by atoms with Crippen molar-refractivity contribution in [3.05, 3.63) is 29.8 Å². The summed E-state index contributed by atoms with van der Waals surface area (Å²) in [6, 6.07) is 6.34.